The van der Waals surface area contributed by atoms with E-state index in [9.17, 15) is 4.79 Å². The number of rotatable bonds is 8. The van der Waals surface area contributed by atoms with Gasteiger partial charge in [-0.05, 0) is 31.9 Å². The van der Waals surface area contributed by atoms with Crippen LogP contribution in [-0.4, -0.2) is 61.3 Å². The van der Waals surface area contributed by atoms with E-state index in [0.717, 1.165) is 31.9 Å². The first-order chi connectivity index (χ1) is 12.1. The van der Waals surface area contributed by atoms with E-state index in [-0.39, 0.29) is 6.09 Å². The van der Waals surface area contributed by atoms with E-state index in [0.29, 0.717) is 25.7 Å². The summed E-state index contributed by atoms with van der Waals surface area (Å²) in [7, 11) is 0. The average molecular weight is 348 g/mol. The van der Waals surface area contributed by atoms with E-state index in [1.54, 1.807) is 0 Å². The van der Waals surface area contributed by atoms with Crippen LogP contribution in [0.2, 0.25) is 0 Å². The summed E-state index contributed by atoms with van der Waals surface area (Å²) < 4.78 is 11.0. The Bertz CT molecular complexity index is 506. The standard InChI is InChI=1S/C20H32N2O3/c1-4-18(5-2)21-11-13-22(14-12-21)20(23)25-16-6-15-24-19-9-7-17(3)8-10-19/h7-10,18H,4-6,11-16H2,1-3H3. The van der Waals surface area contributed by atoms with Crippen LogP contribution in [0.1, 0.15) is 38.7 Å². The maximum absolute atomic E-state index is 12.1. The molecule has 1 aromatic rings. The fourth-order valence-electron chi connectivity index (χ4n) is 3.21. The van der Waals surface area contributed by atoms with Gasteiger partial charge in [0.05, 0.1) is 13.2 Å². The average Bonchev–Trinajstić information content (AvgIpc) is 2.64. The van der Waals surface area contributed by atoms with Crippen molar-refractivity contribution >= 4 is 6.09 Å². The minimum atomic E-state index is -0.195. The molecule has 0 aliphatic carbocycles. The molecule has 5 nitrogen and oxygen atoms in total. The number of aryl methyl sites for hydroxylation is 1. The molecule has 0 bridgehead atoms. The van der Waals surface area contributed by atoms with E-state index >= 15 is 0 Å². The zero-order valence-electron chi connectivity index (χ0n) is 15.9. The molecule has 1 saturated heterocycles. The van der Waals surface area contributed by atoms with Crippen molar-refractivity contribution in [3.63, 3.8) is 0 Å². The van der Waals surface area contributed by atoms with E-state index in [1.165, 1.54) is 18.4 Å². The molecule has 0 aromatic heterocycles. The van der Waals surface area contributed by atoms with Crippen molar-refractivity contribution in [2.45, 2.75) is 46.1 Å². The van der Waals surface area contributed by atoms with Crippen LogP contribution in [0.5, 0.6) is 5.75 Å². The number of carbonyl (C=O) groups excluding carboxylic acids is 1. The van der Waals surface area contributed by atoms with Gasteiger partial charge >= 0.3 is 6.09 Å². The smallest absolute Gasteiger partial charge is 0.409 e. The predicted octanol–water partition coefficient (Wildman–Crippen LogP) is 3.71. The summed E-state index contributed by atoms with van der Waals surface area (Å²) in [4.78, 5) is 16.4. The number of hydrogen-bond donors (Lipinski definition) is 0. The summed E-state index contributed by atoms with van der Waals surface area (Å²) >= 11 is 0. The molecule has 0 spiro atoms. The third kappa shape index (κ3) is 6.24. The number of hydrogen-bond acceptors (Lipinski definition) is 4. The van der Waals surface area contributed by atoms with Crippen LogP contribution in [0.4, 0.5) is 4.79 Å². The van der Waals surface area contributed by atoms with Crippen molar-refractivity contribution in [3.8, 4) is 5.75 Å². The van der Waals surface area contributed by atoms with Gasteiger partial charge < -0.3 is 14.4 Å². The molecule has 0 saturated carbocycles. The highest BCUT2D eigenvalue weighted by molar-refractivity contribution is 5.67. The predicted molar refractivity (Wildman–Crippen MR) is 100 cm³/mol. The summed E-state index contributed by atoms with van der Waals surface area (Å²) in [5.74, 6) is 0.856. The molecule has 0 radical (unpaired) electrons. The number of carbonyl (C=O) groups is 1. The Morgan fingerprint density at radius 2 is 1.68 bits per heavy atom. The molecule has 1 aliphatic heterocycles. The van der Waals surface area contributed by atoms with Crippen molar-refractivity contribution in [2.75, 3.05) is 39.4 Å². The quantitative estimate of drug-likeness (QED) is 0.672. The number of piperazine rings is 1. The molecule has 5 heteroatoms. The van der Waals surface area contributed by atoms with Gasteiger partial charge in [-0.25, -0.2) is 4.79 Å². The highest BCUT2D eigenvalue weighted by Gasteiger charge is 2.25. The number of amides is 1. The van der Waals surface area contributed by atoms with Gasteiger partial charge in [0.2, 0.25) is 0 Å². The Labute approximate surface area is 151 Å². The molecule has 1 amide bonds. The Morgan fingerprint density at radius 1 is 1.04 bits per heavy atom. The van der Waals surface area contributed by atoms with Gasteiger partial charge in [0.25, 0.3) is 0 Å². The summed E-state index contributed by atoms with van der Waals surface area (Å²) in [6.07, 6.45) is 2.84. The van der Waals surface area contributed by atoms with Crippen molar-refractivity contribution in [2.24, 2.45) is 0 Å². The minimum Gasteiger partial charge on any atom is -0.493 e. The molecule has 2 rings (SSSR count). The Hall–Kier alpha value is -1.75. The summed E-state index contributed by atoms with van der Waals surface area (Å²) in [6.45, 7) is 10.9. The van der Waals surface area contributed by atoms with Crippen LogP contribution >= 0.6 is 0 Å². The minimum absolute atomic E-state index is 0.195. The van der Waals surface area contributed by atoms with Gasteiger partial charge in [0.1, 0.15) is 5.75 Å². The highest BCUT2D eigenvalue weighted by Crippen LogP contribution is 2.13. The third-order valence-electron chi connectivity index (χ3n) is 4.84. The monoisotopic (exact) mass is 348 g/mol. The lowest BCUT2D eigenvalue weighted by atomic mass is 10.1. The Kier molecular flexibility index (Phi) is 8.06. The van der Waals surface area contributed by atoms with Crippen LogP contribution in [0.25, 0.3) is 0 Å². The molecular formula is C20H32N2O3. The summed E-state index contributed by atoms with van der Waals surface area (Å²) in [5, 5.41) is 0. The fraction of sp³-hybridized carbons (Fsp3) is 0.650. The molecule has 1 aromatic carbocycles. The third-order valence-corrected chi connectivity index (χ3v) is 4.84. The lowest BCUT2D eigenvalue weighted by Gasteiger charge is -2.38. The van der Waals surface area contributed by atoms with Crippen molar-refractivity contribution < 1.29 is 14.3 Å². The second-order valence-electron chi connectivity index (χ2n) is 6.62. The van der Waals surface area contributed by atoms with Crippen LogP contribution in [-0.2, 0) is 4.74 Å². The molecule has 1 aliphatic rings. The maximum Gasteiger partial charge on any atom is 0.409 e. The molecule has 25 heavy (non-hydrogen) atoms. The van der Waals surface area contributed by atoms with Crippen LogP contribution in [0.15, 0.2) is 24.3 Å². The summed E-state index contributed by atoms with van der Waals surface area (Å²) in [5.41, 5.74) is 1.21. The molecular weight excluding hydrogens is 316 g/mol. The lowest BCUT2D eigenvalue weighted by Crippen LogP contribution is -2.51. The molecule has 0 unspecified atom stereocenters. The lowest BCUT2D eigenvalue weighted by molar-refractivity contribution is 0.0596. The second kappa shape index (κ2) is 10.3. The SMILES string of the molecule is CCC(CC)N1CCN(C(=O)OCCCOc2ccc(C)cc2)CC1. The zero-order chi connectivity index (χ0) is 18.1. The van der Waals surface area contributed by atoms with Crippen molar-refractivity contribution in [1.29, 1.82) is 0 Å². The van der Waals surface area contributed by atoms with Gasteiger partial charge in [0.15, 0.2) is 0 Å². The van der Waals surface area contributed by atoms with Crippen LogP contribution < -0.4 is 4.74 Å². The van der Waals surface area contributed by atoms with Crippen LogP contribution in [0.3, 0.4) is 0 Å². The largest absolute Gasteiger partial charge is 0.493 e. The topological polar surface area (TPSA) is 42.0 Å². The van der Waals surface area contributed by atoms with Crippen LogP contribution in [0, 0.1) is 6.92 Å². The number of ether oxygens (including phenoxy) is 2. The maximum atomic E-state index is 12.1. The van der Waals surface area contributed by atoms with Gasteiger partial charge in [0, 0.05) is 38.6 Å². The first-order valence-corrected chi connectivity index (χ1v) is 9.49. The number of nitrogens with zero attached hydrogens (tertiary/aromatic N) is 2. The fourth-order valence-corrected chi connectivity index (χ4v) is 3.21. The normalized spacial score (nSPS) is 15.4. The first-order valence-electron chi connectivity index (χ1n) is 9.49. The molecule has 0 N–H and O–H groups in total. The number of benzene rings is 1. The Morgan fingerprint density at radius 3 is 2.28 bits per heavy atom. The second-order valence-corrected chi connectivity index (χ2v) is 6.62. The molecule has 1 heterocycles. The van der Waals surface area contributed by atoms with E-state index < -0.39 is 0 Å². The summed E-state index contributed by atoms with van der Waals surface area (Å²) in [6, 6.07) is 8.60. The first kappa shape index (κ1) is 19.6. The molecule has 140 valence electrons. The van der Waals surface area contributed by atoms with Crippen molar-refractivity contribution in [1.82, 2.24) is 9.80 Å². The highest BCUT2D eigenvalue weighted by atomic mass is 16.6. The van der Waals surface area contributed by atoms with Gasteiger partial charge in [-0.15, -0.1) is 0 Å². The van der Waals surface area contributed by atoms with E-state index in [1.807, 2.05) is 36.1 Å². The van der Waals surface area contributed by atoms with Gasteiger partial charge in [-0.2, -0.15) is 0 Å². The van der Waals surface area contributed by atoms with E-state index in [2.05, 4.69) is 18.7 Å². The zero-order valence-corrected chi connectivity index (χ0v) is 15.9. The van der Waals surface area contributed by atoms with Gasteiger partial charge in [-0.3, -0.25) is 4.90 Å². The van der Waals surface area contributed by atoms with Gasteiger partial charge in [-0.1, -0.05) is 31.5 Å². The van der Waals surface area contributed by atoms with Crippen molar-refractivity contribution in [3.05, 3.63) is 29.8 Å². The molecule has 0 atom stereocenters. The van der Waals surface area contributed by atoms with E-state index in [4.69, 9.17) is 9.47 Å². The Balaban J connectivity index is 1.59. The molecule has 1 fully saturated rings.